The Hall–Kier alpha value is -2.47. The molecule has 0 unspecified atom stereocenters. The first-order chi connectivity index (χ1) is 11.2. The van der Waals surface area contributed by atoms with Crippen molar-refractivity contribution >= 4 is 28.2 Å². The number of H-pyrrole nitrogens is 1. The zero-order chi connectivity index (χ0) is 16.0. The molecule has 116 valence electrons. The monoisotopic (exact) mass is 328 g/mol. The third-order valence-electron chi connectivity index (χ3n) is 4.40. The summed E-state index contributed by atoms with van der Waals surface area (Å²) in [6.07, 6.45) is 7.36. The summed E-state index contributed by atoms with van der Waals surface area (Å²) in [6, 6.07) is 1.87. The highest BCUT2D eigenvalue weighted by Crippen LogP contribution is 2.43. The van der Waals surface area contributed by atoms with Gasteiger partial charge in [0.2, 0.25) is 11.2 Å². The summed E-state index contributed by atoms with van der Waals surface area (Å²) >= 11 is 5.77. The zero-order valence-corrected chi connectivity index (χ0v) is 12.9. The van der Waals surface area contributed by atoms with Gasteiger partial charge in [-0.05, 0) is 65.2 Å². The minimum Gasteiger partial charge on any atom is -0.493 e. The molecule has 0 amide bonds. The molecule has 6 nitrogen and oxygen atoms in total. The molecule has 0 radical (unpaired) electrons. The predicted octanol–water partition coefficient (Wildman–Crippen LogP) is 4.26. The van der Waals surface area contributed by atoms with Crippen LogP contribution in [0.5, 0.6) is 5.88 Å². The first-order valence-corrected chi connectivity index (χ1v) is 7.77. The van der Waals surface area contributed by atoms with Crippen LogP contribution < -0.4 is 0 Å². The molecule has 2 N–H and O–H groups in total. The van der Waals surface area contributed by atoms with E-state index in [4.69, 9.17) is 11.6 Å². The number of aromatic nitrogens is 3. The predicted molar refractivity (Wildman–Crippen MR) is 88.1 cm³/mol. The van der Waals surface area contributed by atoms with E-state index in [0.29, 0.717) is 5.39 Å². The molecule has 4 rings (SSSR count). The van der Waals surface area contributed by atoms with Gasteiger partial charge in [-0.1, -0.05) is 0 Å². The van der Waals surface area contributed by atoms with E-state index in [1.54, 1.807) is 12.4 Å². The summed E-state index contributed by atoms with van der Waals surface area (Å²) < 4.78 is 0. The molecule has 0 aliphatic heterocycles. The average molecular weight is 329 g/mol. The fraction of sp³-hybridized carbons (Fsp3) is 0.250. The highest BCUT2D eigenvalue weighted by molar-refractivity contribution is 6.28. The molecule has 3 aromatic rings. The maximum atomic E-state index is 11.1. The Kier molecular flexibility index (Phi) is 3.27. The maximum Gasteiger partial charge on any atom is 0.222 e. The first kappa shape index (κ1) is 14.1. The summed E-state index contributed by atoms with van der Waals surface area (Å²) in [5, 5.41) is 13.7. The van der Waals surface area contributed by atoms with Crippen LogP contribution in [0.4, 0.5) is 5.69 Å². The van der Waals surface area contributed by atoms with Crippen molar-refractivity contribution < 1.29 is 5.11 Å². The van der Waals surface area contributed by atoms with E-state index in [2.05, 4.69) is 20.1 Å². The van der Waals surface area contributed by atoms with Crippen molar-refractivity contribution in [2.24, 2.45) is 5.18 Å². The standard InChI is InChI=1S/C16H13ClN4O2/c17-16-18-6-8(7-19-16)11-5-12-13(20-15(22)14(12)21-23)10-4-2-1-3-9(10)11/h5-7,20,22H,1-4H2. The van der Waals surface area contributed by atoms with E-state index in [9.17, 15) is 10.0 Å². The lowest BCUT2D eigenvalue weighted by atomic mass is 9.85. The third-order valence-corrected chi connectivity index (χ3v) is 4.59. The van der Waals surface area contributed by atoms with E-state index in [-0.39, 0.29) is 16.9 Å². The Morgan fingerprint density at radius 1 is 1.17 bits per heavy atom. The number of nitrogens with zero attached hydrogens (tertiary/aromatic N) is 3. The van der Waals surface area contributed by atoms with Gasteiger partial charge in [-0.15, -0.1) is 4.91 Å². The first-order valence-electron chi connectivity index (χ1n) is 7.39. The van der Waals surface area contributed by atoms with E-state index < -0.39 is 0 Å². The lowest BCUT2D eigenvalue weighted by Crippen LogP contribution is -2.06. The van der Waals surface area contributed by atoms with E-state index in [1.165, 1.54) is 5.56 Å². The summed E-state index contributed by atoms with van der Waals surface area (Å²) in [6.45, 7) is 0. The lowest BCUT2D eigenvalue weighted by Gasteiger charge is -2.20. The van der Waals surface area contributed by atoms with Gasteiger partial charge in [0.15, 0.2) is 5.69 Å². The number of hydrogen-bond acceptors (Lipinski definition) is 5. The zero-order valence-electron chi connectivity index (χ0n) is 12.1. The summed E-state index contributed by atoms with van der Waals surface area (Å²) in [4.78, 5) is 22.1. The number of fused-ring (bicyclic) bond motifs is 3. The fourth-order valence-electron chi connectivity index (χ4n) is 3.38. The van der Waals surface area contributed by atoms with Gasteiger partial charge in [0.05, 0.1) is 5.52 Å². The van der Waals surface area contributed by atoms with Crippen molar-refractivity contribution in [2.75, 3.05) is 0 Å². The summed E-state index contributed by atoms with van der Waals surface area (Å²) in [5.41, 5.74) is 4.98. The molecule has 0 spiro atoms. The quantitative estimate of drug-likeness (QED) is 0.543. The molecule has 0 saturated heterocycles. The number of nitroso groups, excluding NO2 is 1. The highest BCUT2D eigenvalue weighted by atomic mass is 35.5. The van der Waals surface area contributed by atoms with Crippen LogP contribution in [0, 0.1) is 4.91 Å². The van der Waals surface area contributed by atoms with Gasteiger partial charge < -0.3 is 10.1 Å². The van der Waals surface area contributed by atoms with Crippen LogP contribution in [0.15, 0.2) is 23.6 Å². The molecule has 0 atom stereocenters. The Balaban J connectivity index is 2.06. The molecule has 1 aromatic carbocycles. The van der Waals surface area contributed by atoms with Crippen LogP contribution in [0.1, 0.15) is 24.0 Å². The Morgan fingerprint density at radius 2 is 1.87 bits per heavy atom. The number of halogens is 1. The Labute approximate surface area is 136 Å². The second kappa shape index (κ2) is 5.31. The Bertz CT molecular complexity index is 918. The number of nitrogens with one attached hydrogen (secondary N) is 1. The lowest BCUT2D eigenvalue weighted by molar-refractivity contribution is 0.460. The van der Waals surface area contributed by atoms with Crippen molar-refractivity contribution in [3.8, 4) is 17.0 Å². The number of hydrogen-bond donors (Lipinski definition) is 2. The molecule has 1 aliphatic carbocycles. The number of benzene rings is 1. The number of aromatic hydroxyl groups is 1. The third kappa shape index (κ3) is 2.17. The highest BCUT2D eigenvalue weighted by Gasteiger charge is 2.23. The van der Waals surface area contributed by atoms with Gasteiger partial charge >= 0.3 is 0 Å². The van der Waals surface area contributed by atoms with Gasteiger partial charge in [0, 0.05) is 23.3 Å². The summed E-state index contributed by atoms with van der Waals surface area (Å²) in [5.74, 6) is -0.188. The molecular formula is C16H13ClN4O2. The normalized spacial score (nSPS) is 14.0. The minimum atomic E-state index is -0.188. The van der Waals surface area contributed by atoms with Crippen LogP contribution in [-0.2, 0) is 12.8 Å². The molecule has 1 aliphatic rings. The molecule has 0 fully saturated rings. The molecule has 0 saturated carbocycles. The molecule has 23 heavy (non-hydrogen) atoms. The molecule has 7 heteroatoms. The largest absolute Gasteiger partial charge is 0.493 e. The van der Waals surface area contributed by atoms with Crippen molar-refractivity contribution in [1.29, 1.82) is 0 Å². The van der Waals surface area contributed by atoms with Gasteiger partial charge in [-0.2, -0.15) is 0 Å². The van der Waals surface area contributed by atoms with Crippen LogP contribution in [0.2, 0.25) is 5.28 Å². The SMILES string of the molecule is O=Nc1c(O)[nH]c2c3c(c(-c4cnc(Cl)nc4)cc12)CCCC3. The smallest absolute Gasteiger partial charge is 0.222 e. The average Bonchev–Trinajstić information content (AvgIpc) is 2.90. The second-order valence-corrected chi connectivity index (χ2v) is 6.00. The topological polar surface area (TPSA) is 91.2 Å². The molecule has 2 heterocycles. The van der Waals surface area contributed by atoms with E-state index in [1.807, 2.05) is 6.07 Å². The van der Waals surface area contributed by atoms with Gasteiger partial charge in [0.1, 0.15) is 0 Å². The maximum absolute atomic E-state index is 11.1. The fourth-order valence-corrected chi connectivity index (χ4v) is 3.48. The molecular weight excluding hydrogens is 316 g/mol. The number of rotatable bonds is 2. The molecule has 2 aromatic heterocycles. The van der Waals surface area contributed by atoms with Gasteiger partial charge in [-0.3, -0.25) is 0 Å². The number of aryl methyl sites for hydroxylation is 1. The van der Waals surface area contributed by atoms with Crippen molar-refractivity contribution in [3.63, 3.8) is 0 Å². The van der Waals surface area contributed by atoms with E-state index >= 15 is 0 Å². The van der Waals surface area contributed by atoms with Crippen molar-refractivity contribution in [2.45, 2.75) is 25.7 Å². The van der Waals surface area contributed by atoms with Crippen LogP contribution in [-0.4, -0.2) is 20.1 Å². The van der Waals surface area contributed by atoms with Gasteiger partial charge in [-0.25, -0.2) is 9.97 Å². The molecule has 0 bridgehead atoms. The van der Waals surface area contributed by atoms with Gasteiger partial charge in [0.25, 0.3) is 0 Å². The van der Waals surface area contributed by atoms with Crippen LogP contribution >= 0.6 is 11.6 Å². The van der Waals surface area contributed by atoms with Crippen LogP contribution in [0.3, 0.4) is 0 Å². The van der Waals surface area contributed by atoms with Crippen molar-refractivity contribution in [3.05, 3.63) is 39.8 Å². The minimum absolute atomic E-state index is 0.0458. The van der Waals surface area contributed by atoms with Crippen LogP contribution in [0.25, 0.3) is 22.0 Å². The van der Waals surface area contributed by atoms with E-state index in [0.717, 1.165) is 47.9 Å². The van der Waals surface area contributed by atoms with Crippen molar-refractivity contribution in [1.82, 2.24) is 15.0 Å². The second-order valence-electron chi connectivity index (χ2n) is 5.67. The number of aromatic amines is 1. The Morgan fingerprint density at radius 3 is 2.57 bits per heavy atom. The summed E-state index contributed by atoms with van der Waals surface area (Å²) in [7, 11) is 0.